The van der Waals surface area contributed by atoms with Crippen LogP contribution in [-0.4, -0.2) is 7.11 Å². The third-order valence-electron chi connectivity index (χ3n) is 7.06. The highest BCUT2D eigenvalue weighted by Gasteiger charge is 1.97. The second kappa shape index (κ2) is 26.3. The fourth-order valence-corrected chi connectivity index (χ4v) is 5.06. The summed E-state index contributed by atoms with van der Waals surface area (Å²) >= 11 is 45.7. The molecule has 0 aromatic heterocycles. The van der Waals surface area contributed by atoms with Gasteiger partial charge in [0.25, 0.3) is 0 Å². The molecule has 0 aliphatic carbocycles. The molecule has 0 aliphatic rings. The summed E-state index contributed by atoms with van der Waals surface area (Å²) in [5.74, 6) is 0.801. The number of methoxy groups -OCH3 is 1. The van der Waals surface area contributed by atoms with Crippen molar-refractivity contribution >= 4 is 92.8 Å². The van der Waals surface area contributed by atoms with Crippen LogP contribution in [0.4, 0.5) is 0 Å². The van der Waals surface area contributed by atoms with Gasteiger partial charge in [-0.05, 0) is 131 Å². The molecule has 0 unspecified atom stereocenters. The Morgan fingerprint density at radius 3 is 1.23 bits per heavy atom. The highest BCUT2D eigenvalue weighted by Crippen LogP contribution is 2.24. The molecule has 1 nitrogen and oxygen atoms in total. The highest BCUT2D eigenvalue weighted by molar-refractivity contribution is 6.42. The summed E-state index contributed by atoms with van der Waals surface area (Å²) in [6.45, 7) is 13.9. The maximum atomic E-state index is 5.81. The Balaban J connectivity index is 0.000000318. The highest BCUT2D eigenvalue weighted by atomic mass is 35.5. The molecule has 0 bridgehead atoms. The van der Waals surface area contributed by atoms with Crippen molar-refractivity contribution in [3.8, 4) is 5.75 Å². The Morgan fingerprint density at radius 2 is 0.811 bits per heavy atom. The molecule has 0 N–H and O–H groups in total. The number of benzene rings is 6. The lowest BCUT2D eigenvalue weighted by molar-refractivity contribution is 0.414. The van der Waals surface area contributed by atoms with Crippen LogP contribution in [0.1, 0.15) is 38.9 Å². The predicted molar refractivity (Wildman–Crippen MR) is 238 cm³/mol. The Kier molecular flexibility index (Phi) is 24.0. The van der Waals surface area contributed by atoms with Gasteiger partial charge in [0.15, 0.2) is 0 Å². The van der Waals surface area contributed by atoms with Gasteiger partial charge in [-0.3, -0.25) is 0 Å². The molecule has 282 valence electrons. The molecule has 6 rings (SSSR count). The van der Waals surface area contributed by atoms with Crippen molar-refractivity contribution in [2.24, 2.45) is 0 Å². The number of halogens is 8. The second-order valence-corrected chi connectivity index (χ2v) is 15.0. The maximum Gasteiger partial charge on any atom is 0.120 e. The SMILES string of the molecule is COc1ccc(C)c(Cl)c1.Cc1ccc(Cl)c(C)c1.Cc1ccc(Cl)cc1.Cc1ccc(Cl)cc1Cl.Cc1cccc(Cl)c1Cl.Cc1ccccc1Cl. The first-order valence-corrected chi connectivity index (χ1v) is 19.3. The normalized spacial score (nSPS) is 9.51. The topological polar surface area (TPSA) is 9.23 Å². The summed E-state index contributed by atoms with van der Waals surface area (Å²) in [6.07, 6.45) is 0. The minimum absolute atomic E-state index is 0.622. The first kappa shape index (κ1) is 48.5. The summed E-state index contributed by atoms with van der Waals surface area (Å²) in [6, 6.07) is 38.2. The Labute approximate surface area is 356 Å². The van der Waals surface area contributed by atoms with Crippen molar-refractivity contribution in [1.29, 1.82) is 0 Å². The van der Waals surface area contributed by atoms with Crippen molar-refractivity contribution in [2.45, 2.75) is 48.5 Å². The molecule has 0 heterocycles. The van der Waals surface area contributed by atoms with Gasteiger partial charge in [-0.1, -0.05) is 171 Å². The van der Waals surface area contributed by atoms with Gasteiger partial charge in [-0.2, -0.15) is 0 Å². The van der Waals surface area contributed by atoms with Crippen LogP contribution in [0.2, 0.25) is 40.2 Å². The van der Waals surface area contributed by atoms with E-state index in [0.29, 0.717) is 15.1 Å². The summed E-state index contributed by atoms with van der Waals surface area (Å²) in [5.41, 5.74) is 7.94. The maximum absolute atomic E-state index is 5.81. The summed E-state index contributed by atoms with van der Waals surface area (Å²) in [4.78, 5) is 0. The molecule has 0 atom stereocenters. The Bertz CT molecular complexity index is 1860. The van der Waals surface area contributed by atoms with Gasteiger partial charge in [0.1, 0.15) is 5.75 Å². The third kappa shape index (κ3) is 20.6. The molecular formula is C44H44Cl8O. The quantitative estimate of drug-likeness (QED) is 0.160. The summed E-state index contributed by atoms with van der Waals surface area (Å²) in [7, 11) is 1.63. The molecule has 0 spiro atoms. The number of hydrogen-bond donors (Lipinski definition) is 0. The van der Waals surface area contributed by atoms with Crippen molar-refractivity contribution in [3.63, 3.8) is 0 Å². The lowest BCUT2D eigenvalue weighted by Gasteiger charge is -2.00. The largest absolute Gasteiger partial charge is 0.497 e. The standard InChI is InChI=1S/C8H9ClO.C8H9Cl.2C7H6Cl2.2C7H7Cl/c1-6-3-4-7(10-2)5-8(6)9;1-6-3-4-8(9)7(2)5-6;1-5-2-3-6(8)4-7(5)9;1-5-3-2-4-6(8)7(5)9;1-6-2-4-7(8)5-3-6;1-6-4-2-3-5-7(6)8/h3-5H,1-2H3;3-5H,1-2H3;2*2-4H,1H3;2*2-5H,1H3. The van der Waals surface area contributed by atoms with Crippen LogP contribution in [0.15, 0.2) is 121 Å². The van der Waals surface area contributed by atoms with E-state index in [1.165, 1.54) is 11.1 Å². The van der Waals surface area contributed by atoms with Crippen LogP contribution in [0, 0.1) is 48.5 Å². The number of rotatable bonds is 1. The first-order valence-electron chi connectivity index (χ1n) is 16.2. The van der Waals surface area contributed by atoms with E-state index in [1.807, 2.05) is 139 Å². The van der Waals surface area contributed by atoms with Crippen molar-refractivity contribution in [3.05, 3.63) is 200 Å². The monoisotopic (exact) mass is 868 g/mol. The van der Waals surface area contributed by atoms with Gasteiger partial charge < -0.3 is 4.74 Å². The summed E-state index contributed by atoms with van der Waals surface area (Å²) < 4.78 is 4.97. The van der Waals surface area contributed by atoms with E-state index in [2.05, 4.69) is 13.0 Å². The fraction of sp³-hybridized carbons (Fsp3) is 0.182. The zero-order valence-corrected chi connectivity index (χ0v) is 37.0. The molecule has 53 heavy (non-hydrogen) atoms. The van der Waals surface area contributed by atoms with Crippen LogP contribution in [0.3, 0.4) is 0 Å². The van der Waals surface area contributed by atoms with E-state index in [0.717, 1.165) is 58.7 Å². The van der Waals surface area contributed by atoms with E-state index in [1.54, 1.807) is 25.3 Å². The van der Waals surface area contributed by atoms with Gasteiger partial charge >= 0.3 is 0 Å². The van der Waals surface area contributed by atoms with Crippen molar-refractivity contribution < 1.29 is 4.74 Å². The van der Waals surface area contributed by atoms with Gasteiger partial charge in [0.05, 0.1) is 17.2 Å². The van der Waals surface area contributed by atoms with E-state index < -0.39 is 0 Å². The zero-order valence-electron chi connectivity index (χ0n) is 31.0. The lowest BCUT2D eigenvalue weighted by atomic mass is 10.2. The van der Waals surface area contributed by atoms with E-state index in [9.17, 15) is 0 Å². The Morgan fingerprint density at radius 1 is 0.340 bits per heavy atom. The van der Waals surface area contributed by atoms with Gasteiger partial charge in [-0.15, -0.1) is 0 Å². The molecule has 0 fully saturated rings. The number of hydrogen-bond acceptors (Lipinski definition) is 1. The molecule has 0 saturated carbocycles. The minimum atomic E-state index is 0.622. The van der Waals surface area contributed by atoms with E-state index in [-0.39, 0.29) is 0 Å². The number of aryl methyl sites for hydroxylation is 7. The lowest BCUT2D eigenvalue weighted by Crippen LogP contribution is -1.82. The molecule has 0 amide bonds. The average Bonchev–Trinajstić information content (AvgIpc) is 3.12. The van der Waals surface area contributed by atoms with Crippen LogP contribution >= 0.6 is 92.8 Å². The van der Waals surface area contributed by atoms with Crippen molar-refractivity contribution in [1.82, 2.24) is 0 Å². The van der Waals surface area contributed by atoms with E-state index in [4.69, 9.17) is 97.5 Å². The molecular weight excluding hydrogens is 828 g/mol. The first-order chi connectivity index (χ1) is 24.9. The zero-order chi connectivity index (χ0) is 40.1. The fourth-order valence-electron chi connectivity index (χ4n) is 3.76. The molecule has 0 aliphatic heterocycles. The summed E-state index contributed by atoms with van der Waals surface area (Å²) in [5, 5.41) is 5.92. The number of ether oxygens (including phenoxy) is 1. The Hall–Kier alpha value is -2.56. The molecule has 0 saturated heterocycles. The molecule has 0 radical (unpaired) electrons. The molecule has 9 heteroatoms. The van der Waals surface area contributed by atoms with Crippen LogP contribution < -0.4 is 4.74 Å². The van der Waals surface area contributed by atoms with E-state index >= 15 is 0 Å². The van der Waals surface area contributed by atoms with Gasteiger partial charge in [-0.25, -0.2) is 0 Å². The van der Waals surface area contributed by atoms with Gasteiger partial charge in [0, 0.05) is 30.1 Å². The molecule has 6 aromatic rings. The van der Waals surface area contributed by atoms with Crippen LogP contribution in [0.5, 0.6) is 5.75 Å². The van der Waals surface area contributed by atoms with Crippen LogP contribution in [0.25, 0.3) is 0 Å². The third-order valence-corrected chi connectivity index (χ3v) is 10.1. The molecule has 6 aromatic carbocycles. The average molecular weight is 872 g/mol. The predicted octanol–water partition coefficient (Wildman–Crippen LogP) is 17.5. The smallest absolute Gasteiger partial charge is 0.120 e. The van der Waals surface area contributed by atoms with Crippen molar-refractivity contribution in [2.75, 3.05) is 7.11 Å². The van der Waals surface area contributed by atoms with Gasteiger partial charge in [0.2, 0.25) is 0 Å². The second-order valence-electron chi connectivity index (χ2n) is 11.7. The van der Waals surface area contributed by atoms with Crippen LogP contribution in [-0.2, 0) is 0 Å². The minimum Gasteiger partial charge on any atom is -0.497 e.